The molecule has 20 heavy (non-hydrogen) atoms. The van der Waals surface area contributed by atoms with Crippen LogP contribution in [-0.4, -0.2) is 51.3 Å². The van der Waals surface area contributed by atoms with Crippen LogP contribution in [0.2, 0.25) is 5.02 Å². The molecule has 0 N–H and O–H groups in total. The smallest absolute Gasteiger partial charge is 0.253 e. The van der Waals surface area contributed by atoms with E-state index in [0.717, 1.165) is 10.9 Å². The average Bonchev–Trinajstić information content (AvgIpc) is 2.45. The van der Waals surface area contributed by atoms with Crippen molar-refractivity contribution in [2.75, 3.05) is 40.5 Å². The lowest BCUT2D eigenvalue weighted by molar-refractivity contribution is 0.0674. The van der Waals surface area contributed by atoms with E-state index in [0.29, 0.717) is 36.9 Å². The molecule has 0 radical (unpaired) electrons. The van der Waals surface area contributed by atoms with Crippen molar-refractivity contribution >= 4 is 33.4 Å². The summed E-state index contributed by atoms with van der Waals surface area (Å²) in [6.45, 7) is 2.30. The first-order chi connectivity index (χ1) is 9.60. The molecule has 0 spiro atoms. The molecule has 0 aliphatic rings. The molecule has 4 nitrogen and oxygen atoms in total. The zero-order valence-electron chi connectivity index (χ0n) is 11.7. The van der Waals surface area contributed by atoms with Gasteiger partial charge in [0.2, 0.25) is 0 Å². The summed E-state index contributed by atoms with van der Waals surface area (Å²) in [6, 6.07) is 5.21. The van der Waals surface area contributed by atoms with Crippen molar-refractivity contribution in [2.24, 2.45) is 0 Å². The number of rotatable bonds is 8. The second-order valence-electron chi connectivity index (χ2n) is 4.26. The second kappa shape index (κ2) is 9.34. The topological polar surface area (TPSA) is 38.8 Å². The lowest BCUT2D eigenvalue weighted by atomic mass is 10.2. The third kappa shape index (κ3) is 5.40. The van der Waals surface area contributed by atoms with Crippen LogP contribution in [0, 0.1) is 0 Å². The number of methoxy groups -OCH3 is 2. The summed E-state index contributed by atoms with van der Waals surface area (Å²) in [7, 11) is 3.27. The van der Waals surface area contributed by atoms with Crippen molar-refractivity contribution < 1.29 is 14.3 Å². The number of hydrogen-bond donors (Lipinski definition) is 0. The number of nitrogens with zero attached hydrogens (tertiary/aromatic N) is 1. The standard InChI is InChI=1S/C14H19BrClNO3/c1-19-8-3-6-17(7-9-20-2)14(18)11-4-5-12(15)13(16)10-11/h4-5,10H,3,6-9H2,1-2H3. The molecule has 0 fully saturated rings. The van der Waals surface area contributed by atoms with Gasteiger partial charge < -0.3 is 14.4 Å². The Kier molecular flexibility index (Phi) is 8.14. The fourth-order valence-corrected chi connectivity index (χ4v) is 2.16. The van der Waals surface area contributed by atoms with Crippen molar-refractivity contribution in [1.82, 2.24) is 4.90 Å². The van der Waals surface area contributed by atoms with Gasteiger partial charge in [-0.3, -0.25) is 4.79 Å². The van der Waals surface area contributed by atoms with Crippen molar-refractivity contribution in [1.29, 1.82) is 0 Å². The Morgan fingerprint density at radius 2 is 1.95 bits per heavy atom. The molecule has 0 aromatic heterocycles. The number of amides is 1. The Morgan fingerprint density at radius 1 is 1.25 bits per heavy atom. The van der Waals surface area contributed by atoms with Crippen LogP contribution in [0.4, 0.5) is 0 Å². The molecule has 1 aromatic rings. The maximum absolute atomic E-state index is 12.5. The maximum Gasteiger partial charge on any atom is 0.253 e. The van der Waals surface area contributed by atoms with Crippen LogP contribution in [0.25, 0.3) is 0 Å². The molecule has 1 aromatic carbocycles. The third-order valence-corrected chi connectivity index (χ3v) is 4.03. The zero-order chi connectivity index (χ0) is 15.0. The van der Waals surface area contributed by atoms with Crippen LogP contribution in [0.15, 0.2) is 22.7 Å². The summed E-state index contributed by atoms with van der Waals surface area (Å²) in [4.78, 5) is 14.2. The highest BCUT2D eigenvalue weighted by Gasteiger charge is 2.16. The fraction of sp³-hybridized carbons (Fsp3) is 0.500. The lowest BCUT2D eigenvalue weighted by Crippen LogP contribution is -2.35. The molecule has 0 atom stereocenters. The Labute approximate surface area is 133 Å². The van der Waals surface area contributed by atoms with Gasteiger partial charge in [0.1, 0.15) is 0 Å². The maximum atomic E-state index is 12.5. The molecule has 0 unspecified atom stereocenters. The van der Waals surface area contributed by atoms with Crippen LogP contribution in [0.3, 0.4) is 0 Å². The van der Waals surface area contributed by atoms with Crippen molar-refractivity contribution in [2.45, 2.75) is 6.42 Å². The first kappa shape index (κ1) is 17.4. The number of ether oxygens (including phenoxy) is 2. The third-order valence-electron chi connectivity index (χ3n) is 2.80. The molecule has 0 aliphatic heterocycles. The van der Waals surface area contributed by atoms with Crippen LogP contribution in [0.5, 0.6) is 0 Å². The summed E-state index contributed by atoms with van der Waals surface area (Å²) in [5.74, 6) is -0.0486. The van der Waals surface area contributed by atoms with E-state index in [1.165, 1.54) is 0 Å². The quantitative estimate of drug-likeness (QED) is 0.665. The molecule has 1 amide bonds. The predicted molar refractivity (Wildman–Crippen MR) is 83.4 cm³/mol. The van der Waals surface area contributed by atoms with Crippen molar-refractivity contribution in [3.63, 3.8) is 0 Å². The molecule has 0 saturated carbocycles. The molecule has 112 valence electrons. The molecule has 6 heteroatoms. The Bertz CT molecular complexity index is 442. The normalized spacial score (nSPS) is 10.6. The molecule has 0 aliphatic carbocycles. The van der Waals surface area contributed by atoms with E-state index in [1.807, 2.05) is 0 Å². The van der Waals surface area contributed by atoms with Crippen LogP contribution < -0.4 is 0 Å². The van der Waals surface area contributed by atoms with E-state index in [2.05, 4.69) is 15.9 Å². The molecule has 1 rings (SSSR count). The van der Waals surface area contributed by atoms with Gasteiger partial charge in [-0.2, -0.15) is 0 Å². The van der Waals surface area contributed by atoms with Gasteiger partial charge in [0.15, 0.2) is 0 Å². The van der Waals surface area contributed by atoms with E-state index >= 15 is 0 Å². The number of carbonyl (C=O) groups is 1. The Morgan fingerprint density at radius 3 is 2.55 bits per heavy atom. The van der Waals surface area contributed by atoms with Crippen LogP contribution in [-0.2, 0) is 9.47 Å². The monoisotopic (exact) mass is 363 g/mol. The van der Waals surface area contributed by atoms with Gasteiger partial charge in [0, 0.05) is 44.0 Å². The average molecular weight is 365 g/mol. The molecule has 0 heterocycles. The fourth-order valence-electron chi connectivity index (χ4n) is 1.73. The summed E-state index contributed by atoms with van der Waals surface area (Å²) in [5.41, 5.74) is 0.576. The zero-order valence-corrected chi connectivity index (χ0v) is 14.0. The number of halogens is 2. The Balaban J connectivity index is 2.76. The summed E-state index contributed by atoms with van der Waals surface area (Å²) >= 11 is 9.35. The van der Waals surface area contributed by atoms with Gasteiger partial charge in [0.05, 0.1) is 11.6 Å². The Hall–Kier alpha value is -0.620. The van der Waals surface area contributed by atoms with Gasteiger partial charge in [-0.05, 0) is 40.5 Å². The minimum Gasteiger partial charge on any atom is -0.385 e. The molecule has 0 saturated heterocycles. The second-order valence-corrected chi connectivity index (χ2v) is 5.52. The van der Waals surface area contributed by atoms with Gasteiger partial charge in [-0.25, -0.2) is 0 Å². The first-order valence-corrected chi connectivity index (χ1v) is 7.49. The van der Waals surface area contributed by atoms with Gasteiger partial charge in [-0.1, -0.05) is 11.6 Å². The number of benzene rings is 1. The largest absolute Gasteiger partial charge is 0.385 e. The first-order valence-electron chi connectivity index (χ1n) is 6.32. The molecular weight excluding hydrogens is 346 g/mol. The minimum absolute atomic E-state index is 0.0486. The number of hydrogen-bond acceptors (Lipinski definition) is 3. The van der Waals surface area contributed by atoms with Crippen molar-refractivity contribution in [3.8, 4) is 0 Å². The number of carbonyl (C=O) groups excluding carboxylic acids is 1. The lowest BCUT2D eigenvalue weighted by Gasteiger charge is -2.22. The summed E-state index contributed by atoms with van der Waals surface area (Å²) < 4.78 is 10.8. The van der Waals surface area contributed by atoms with Gasteiger partial charge in [0.25, 0.3) is 5.91 Å². The molecule has 0 bridgehead atoms. The van der Waals surface area contributed by atoms with Crippen molar-refractivity contribution in [3.05, 3.63) is 33.3 Å². The summed E-state index contributed by atoms with van der Waals surface area (Å²) in [6.07, 6.45) is 0.788. The highest BCUT2D eigenvalue weighted by Crippen LogP contribution is 2.23. The SMILES string of the molecule is COCCCN(CCOC)C(=O)c1ccc(Br)c(Cl)c1. The van der Waals surface area contributed by atoms with E-state index in [9.17, 15) is 4.79 Å². The summed E-state index contributed by atoms with van der Waals surface area (Å²) in [5, 5.41) is 0.527. The van der Waals surface area contributed by atoms with Crippen LogP contribution >= 0.6 is 27.5 Å². The predicted octanol–water partition coefficient (Wildman–Crippen LogP) is 3.23. The van der Waals surface area contributed by atoms with Gasteiger partial charge >= 0.3 is 0 Å². The minimum atomic E-state index is -0.0486. The van der Waals surface area contributed by atoms with Gasteiger partial charge in [-0.15, -0.1) is 0 Å². The van der Waals surface area contributed by atoms with E-state index in [1.54, 1.807) is 37.3 Å². The van der Waals surface area contributed by atoms with E-state index in [-0.39, 0.29) is 5.91 Å². The van der Waals surface area contributed by atoms with E-state index < -0.39 is 0 Å². The highest BCUT2D eigenvalue weighted by atomic mass is 79.9. The molecular formula is C14H19BrClNO3. The van der Waals surface area contributed by atoms with Crippen LogP contribution in [0.1, 0.15) is 16.8 Å². The van der Waals surface area contributed by atoms with E-state index in [4.69, 9.17) is 21.1 Å². The highest BCUT2D eigenvalue weighted by molar-refractivity contribution is 9.10.